The van der Waals surface area contributed by atoms with Crippen molar-refractivity contribution >= 4 is 47.5 Å². The summed E-state index contributed by atoms with van der Waals surface area (Å²) in [6.45, 7) is 4.30. The van der Waals surface area contributed by atoms with Crippen molar-refractivity contribution in [2.75, 3.05) is 44.7 Å². The Balaban J connectivity index is 0.00000338. The molecule has 1 N–H and O–H groups in total. The number of carbonyl (C=O) groups excluding carboxylic acids is 2. The molecule has 1 aliphatic heterocycles. The molecule has 0 aromatic carbocycles. The fraction of sp³-hybridized carbons (Fsp3) is 0.625. The highest BCUT2D eigenvalue weighted by Gasteiger charge is 2.27. The molecule has 26 heavy (non-hydrogen) atoms. The van der Waals surface area contributed by atoms with Crippen LogP contribution < -0.4 is 10.2 Å². The van der Waals surface area contributed by atoms with Crippen molar-refractivity contribution in [2.24, 2.45) is 12.0 Å². The molecule has 1 amide bonds. The Morgan fingerprint density at radius 2 is 2.19 bits per heavy atom. The fourth-order valence-electron chi connectivity index (χ4n) is 2.67. The number of amides is 1. The Hall–Kier alpha value is -1.85. The molecule has 0 bridgehead atoms. The maximum absolute atomic E-state index is 12.4. The van der Waals surface area contributed by atoms with Crippen molar-refractivity contribution in [1.29, 1.82) is 0 Å². The average molecular weight is 478 g/mol. The molecule has 10 heteroatoms. The molecule has 146 valence electrons. The molecular weight excluding hydrogens is 451 g/mol. The molecule has 2 heterocycles. The molecular formula is C16H27IN6O3. The van der Waals surface area contributed by atoms with E-state index in [0.29, 0.717) is 45.0 Å². The number of hydrogen-bond donors (Lipinski definition) is 1. The summed E-state index contributed by atoms with van der Waals surface area (Å²) < 4.78 is 6.58. The van der Waals surface area contributed by atoms with Gasteiger partial charge in [0.05, 0.1) is 18.5 Å². The van der Waals surface area contributed by atoms with Gasteiger partial charge in [-0.2, -0.15) is 5.10 Å². The van der Waals surface area contributed by atoms with Crippen LogP contribution in [-0.4, -0.2) is 72.4 Å². The second-order valence-electron chi connectivity index (χ2n) is 5.72. The number of ether oxygens (including phenoxy) is 1. The van der Waals surface area contributed by atoms with E-state index in [2.05, 4.69) is 15.4 Å². The Labute approximate surface area is 170 Å². The zero-order valence-corrected chi connectivity index (χ0v) is 17.8. The summed E-state index contributed by atoms with van der Waals surface area (Å²) in [5.74, 6) is 0.483. The smallest absolute Gasteiger partial charge is 0.305 e. The van der Waals surface area contributed by atoms with Crippen molar-refractivity contribution in [1.82, 2.24) is 20.0 Å². The number of piperazine rings is 1. The number of aromatic nitrogens is 2. The lowest BCUT2D eigenvalue weighted by molar-refractivity contribution is -0.143. The van der Waals surface area contributed by atoms with E-state index in [1.807, 2.05) is 18.1 Å². The van der Waals surface area contributed by atoms with Crippen molar-refractivity contribution < 1.29 is 14.3 Å². The maximum Gasteiger partial charge on any atom is 0.305 e. The van der Waals surface area contributed by atoms with Crippen LogP contribution in [0.25, 0.3) is 0 Å². The van der Waals surface area contributed by atoms with E-state index in [9.17, 15) is 9.59 Å². The largest absolute Gasteiger partial charge is 0.466 e. The first-order chi connectivity index (χ1) is 12.0. The number of nitrogens with zero attached hydrogens (tertiary/aromatic N) is 5. The van der Waals surface area contributed by atoms with Crippen LogP contribution in [0.2, 0.25) is 0 Å². The first kappa shape index (κ1) is 22.2. The van der Waals surface area contributed by atoms with Crippen LogP contribution in [0, 0.1) is 0 Å². The van der Waals surface area contributed by atoms with Gasteiger partial charge in [-0.25, -0.2) is 0 Å². The van der Waals surface area contributed by atoms with Crippen molar-refractivity contribution in [3.05, 3.63) is 12.4 Å². The Kier molecular flexibility index (Phi) is 9.38. The topological polar surface area (TPSA) is 92.1 Å². The van der Waals surface area contributed by atoms with E-state index in [-0.39, 0.29) is 42.4 Å². The highest BCUT2D eigenvalue weighted by molar-refractivity contribution is 14.0. The van der Waals surface area contributed by atoms with Gasteiger partial charge >= 0.3 is 5.97 Å². The summed E-state index contributed by atoms with van der Waals surface area (Å²) in [4.78, 5) is 31.6. The first-order valence-corrected chi connectivity index (χ1v) is 8.45. The van der Waals surface area contributed by atoms with Crippen LogP contribution in [0.5, 0.6) is 0 Å². The lowest BCUT2D eigenvalue weighted by atomic mass is 10.3. The summed E-state index contributed by atoms with van der Waals surface area (Å²) in [5, 5.41) is 7.31. The number of halogens is 1. The summed E-state index contributed by atoms with van der Waals surface area (Å²) in [5.41, 5.74) is 0.810. The molecule has 1 aromatic heterocycles. The molecule has 2 rings (SSSR count). The van der Waals surface area contributed by atoms with E-state index < -0.39 is 0 Å². The van der Waals surface area contributed by atoms with E-state index in [1.54, 1.807) is 29.7 Å². The normalized spacial score (nSPS) is 14.9. The minimum atomic E-state index is -0.195. The number of nitrogens with one attached hydrogen (secondary N) is 1. The number of guanidine groups is 1. The number of hydrogen-bond acceptors (Lipinski definition) is 5. The van der Waals surface area contributed by atoms with Gasteiger partial charge in [-0.3, -0.25) is 19.3 Å². The third kappa shape index (κ3) is 6.15. The lowest BCUT2D eigenvalue weighted by Crippen LogP contribution is -2.55. The molecule has 9 nitrogen and oxygen atoms in total. The van der Waals surface area contributed by atoms with Gasteiger partial charge in [0.1, 0.15) is 6.54 Å². The zero-order chi connectivity index (χ0) is 18.2. The summed E-state index contributed by atoms with van der Waals surface area (Å²) in [6.07, 6.45) is 4.54. The number of aryl methyl sites for hydroxylation is 1. The number of aliphatic imine (C=N–C) groups is 1. The van der Waals surface area contributed by atoms with Gasteiger partial charge in [0.15, 0.2) is 5.96 Å². The third-order valence-corrected chi connectivity index (χ3v) is 3.88. The van der Waals surface area contributed by atoms with Crippen LogP contribution in [-0.2, 0) is 21.4 Å². The highest BCUT2D eigenvalue weighted by atomic mass is 127. The molecule has 0 spiro atoms. The summed E-state index contributed by atoms with van der Waals surface area (Å²) in [6, 6.07) is 0. The standard InChI is InChI=1S/C16H26N6O3.HI/c1-4-25-15(24)6-5-7-18-16(17-2)21-8-9-22(14(23)12-21)13-10-19-20(3)11-13;/h10-11H,4-9,12H2,1-3H3,(H,17,18);1H. The van der Waals surface area contributed by atoms with E-state index >= 15 is 0 Å². The van der Waals surface area contributed by atoms with Gasteiger partial charge in [0, 0.05) is 46.3 Å². The number of anilines is 1. The van der Waals surface area contributed by atoms with Crippen molar-refractivity contribution in [3.63, 3.8) is 0 Å². The average Bonchev–Trinajstić information content (AvgIpc) is 3.01. The summed E-state index contributed by atoms with van der Waals surface area (Å²) >= 11 is 0. The Bertz CT molecular complexity index is 633. The number of rotatable bonds is 6. The second kappa shape index (κ2) is 11.0. The Morgan fingerprint density at radius 3 is 2.77 bits per heavy atom. The van der Waals surface area contributed by atoms with Crippen molar-refractivity contribution in [2.45, 2.75) is 19.8 Å². The fourth-order valence-corrected chi connectivity index (χ4v) is 2.67. The predicted octanol–water partition coefficient (Wildman–Crippen LogP) is 0.605. The molecule has 0 aliphatic carbocycles. The minimum Gasteiger partial charge on any atom is -0.466 e. The van der Waals surface area contributed by atoms with Crippen LogP contribution >= 0.6 is 24.0 Å². The van der Waals surface area contributed by atoms with Crippen LogP contribution in [0.4, 0.5) is 5.69 Å². The molecule has 1 saturated heterocycles. The molecule has 0 saturated carbocycles. The van der Waals surface area contributed by atoms with Gasteiger partial charge < -0.3 is 19.9 Å². The van der Waals surface area contributed by atoms with Crippen LogP contribution in [0.3, 0.4) is 0 Å². The van der Waals surface area contributed by atoms with Gasteiger partial charge in [0.2, 0.25) is 5.91 Å². The quantitative estimate of drug-likeness (QED) is 0.212. The molecule has 1 fully saturated rings. The minimum absolute atomic E-state index is 0. The molecule has 1 aliphatic rings. The van der Waals surface area contributed by atoms with Gasteiger partial charge in [-0.05, 0) is 13.3 Å². The molecule has 0 radical (unpaired) electrons. The molecule has 1 aromatic rings. The maximum atomic E-state index is 12.4. The number of carbonyl (C=O) groups is 2. The van der Waals surface area contributed by atoms with E-state index in [0.717, 1.165) is 5.69 Å². The molecule has 0 unspecified atom stereocenters. The third-order valence-electron chi connectivity index (χ3n) is 3.88. The Morgan fingerprint density at radius 1 is 1.42 bits per heavy atom. The van der Waals surface area contributed by atoms with Gasteiger partial charge in [-0.15, -0.1) is 24.0 Å². The van der Waals surface area contributed by atoms with Crippen LogP contribution in [0.1, 0.15) is 19.8 Å². The monoisotopic (exact) mass is 478 g/mol. The molecule has 0 atom stereocenters. The predicted molar refractivity (Wildman–Crippen MR) is 110 cm³/mol. The first-order valence-electron chi connectivity index (χ1n) is 8.45. The van der Waals surface area contributed by atoms with Crippen LogP contribution in [0.15, 0.2) is 17.4 Å². The zero-order valence-electron chi connectivity index (χ0n) is 15.5. The van der Waals surface area contributed by atoms with Gasteiger partial charge in [0.25, 0.3) is 0 Å². The van der Waals surface area contributed by atoms with Crippen molar-refractivity contribution in [3.8, 4) is 0 Å². The highest BCUT2D eigenvalue weighted by Crippen LogP contribution is 2.15. The second-order valence-corrected chi connectivity index (χ2v) is 5.72. The lowest BCUT2D eigenvalue weighted by Gasteiger charge is -2.35. The SMILES string of the molecule is CCOC(=O)CCCNC(=NC)N1CCN(c2cnn(C)c2)C(=O)C1.I. The van der Waals surface area contributed by atoms with E-state index in [1.165, 1.54) is 0 Å². The van der Waals surface area contributed by atoms with Gasteiger partial charge in [-0.1, -0.05) is 0 Å². The van der Waals surface area contributed by atoms with E-state index in [4.69, 9.17) is 4.74 Å². The summed E-state index contributed by atoms with van der Waals surface area (Å²) in [7, 11) is 3.51. The number of esters is 1.